The Kier molecular flexibility index (Phi) is 5.78. The standard InChI is InChI=1S/C15H23N3O3/c1-2-10-21-13-7-8-16-15(17-13)18-9-3-4-12(11-18)5-6-14(19)20/h7-8,12H,2-6,9-11H2,1H3,(H,19,20). The van der Waals surface area contributed by atoms with Crippen LogP contribution in [0.4, 0.5) is 5.95 Å². The maximum Gasteiger partial charge on any atom is 0.303 e. The molecule has 116 valence electrons. The maximum atomic E-state index is 10.7. The Morgan fingerprint density at radius 2 is 2.43 bits per heavy atom. The molecule has 1 aromatic heterocycles. The molecule has 1 aliphatic heterocycles. The summed E-state index contributed by atoms with van der Waals surface area (Å²) >= 11 is 0. The topological polar surface area (TPSA) is 75.5 Å². The minimum absolute atomic E-state index is 0.235. The quantitative estimate of drug-likeness (QED) is 0.831. The van der Waals surface area contributed by atoms with Crippen LogP contribution in [0.15, 0.2) is 12.3 Å². The molecule has 6 nitrogen and oxygen atoms in total. The van der Waals surface area contributed by atoms with E-state index < -0.39 is 5.97 Å². The molecular weight excluding hydrogens is 270 g/mol. The summed E-state index contributed by atoms with van der Waals surface area (Å²) in [5.41, 5.74) is 0. The minimum atomic E-state index is -0.724. The lowest BCUT2D eigenvalue weighted by atomic mass is 9.93. The Morgan fingerprint density at radius 3 is 3.19 bits per heavy atom. The van der Waals surface area contributed by atoms with Crippen LogP contribution >= 0.6 is 0 Å². The number of anilines is 1. The lowest BCUT2D eigenvalue weighted by Crippen LogP contribution is -2.36. The Morgan fingerprint density at radius 1 is 1.57 bits per heavy atom. The molecule has 6 heteroatoms. The molecule has 1 N–H and O–H groups in total. The van der Waals surface area contributed by atoms with Crippen molar-refractivity contribution >= 4 is 11.9 Å². The molecule has 2 rings (SSSR count). The van der Waals surface area contributed by atoms with Gasteiger partial charge in [-0.15, -0.1) is 0 Å². The summed E-state index contributed by atoms with van der Waals surface area (Å²) < 4.78 is 5.54. The molecule has 1 unspecified atom stereocenters. The van der Waals surface area contributed by atoms with Crippen LogP contribution in [0.2, 0.25) is 0 Å². The van der Waals surface area contributed by atoms with Crippen molar-refractivity contribution in [3.63, 3.8) is 0 Å². The molecule has 0 amide bonds. The number of piperidine rings is 1. The summed E-state index contributed by atoms with van der Waals surface area (Å²) in [6.07, 6.45) is 5.74. The third-order valence-corrected chi connectivity index (χ3v) is 3.64. The summed E-state index contributed by atoms with van der Waals surface area (Å²) in [6, 6.07) is 1.77. The Balaban J connectivity index is 1.95. The lowest BCUT2D eigenvalue weighted by molar-refractivity contribution is -0.137. The van der Waals surface area contributed by atoms with Gasteiger partial charge in [0.15, 0.2) is 0 Å². The second kappa shape index (κ2) is 7.81. The van der Waals surface area contributed by atoms with Crippen molar-refractivity contribution in [3.05, 3.63) is 12.3 Å². The third kappa shape index (κ3) is 4.88. The van der Waals surface area contributed by atoms with Gasteiger partial charge in [-0.3, -0.25) is 4.79 Å². The van der Waals surface area contributed by atoms with E-state index in [-0.39, 0.29) is 6.42 Å². The predicted octanol–water partition coefficient (Wildman–Crippen LogP) is 2.35. The average Bonchev–Trinajstić information content (AvgIpc) is 2.51. The monoisotopic (exact) mass is 293 g/mol. The summed E-state index contributed by atoms with van der Waals surface area (Å²) in [6.45, 7) is 4.45. The molecular formula is C15H23N3O3. The molecule has 0 saturated carbocycles. The number of aliphatic carboxylic acids is 1. The van der Waals surface area contributed by atoms with Gasteiger partial charge in [0.25, 0.3) is 0 Å². The molecule has 1 atom stereocenters. The van der Waals surface area contributed by atoms with Gasteiger partial charge >= 0.3 is 5.97 Å². The van der Waals surface area contributed by atoms with E-state index >= 15 is 0 Å². The van der Waals surface area contributed by atoms with Gasteiger partial charge in [-0.2, -0.15) is 4.98 Å². The molecule has 0 spiro atoms. The first-order chi connectivity index (χ1) is 10.2. The van der Waals surface area contributed by atoms with Gasteiger partial charge < -0.3 is 14.7 Å². The van der Waals surface area contributed by atoms with Gasteiger partial charge in [-0.25, -0.2) is 4.98 Å². The van der Waals surface area contributed by atoms with Crippen LogP contribution in [0.3, 0.4) is 0 Å². The average molecular weight is 293 g/mol. The van der Waals surface area contributed by atoms with Crippen molar-refractivity contribution in [1.82, 2.24) is 9.97 Å². The van der Waals surface area contributed by atoms with Crippen LogP contribution < -0.4 is 9.64 Å². The van der Waals surface area contributed by atoms with Crippen molar-refractivity contribution < 1.29 is 14.6 Å². The molecule has 1 aromatic rings. The highest BCUT2D eigenvalue weighted by molar-refractivity contribution is 5.66. The smallest absolute Gasteiger partial charge is 0.303 e. The van der Waals surface area contributed by atoms with Crippen LogP contribution in [0.5, 0.6) is 5.88 Å². The highest BCUT2D eigenvalue weighted by atomic mass is 16.5. The molecule has 2 heterocycles. The van der Waals surface area contributed by atoms with E-state index in [4.69, 9.17) is 9.84 Å². The molecule has 21 heavy (non-hydrogen) atoms. The number of carboxylic acid groups (broad SMARTS) is 1. The van der Waals surface area contributed by atoms with Gasteiger partial charge in [0, 0.05) is 31.8 Å². The molecule has 0 aliphatic carbocycles. The minimum Gasteiger partial charge on any atom is -0.481 e. The predicted molar refractivity (Wildman–Crippen MR) is 79.6 cm³/mol. The second-order valence-corrected chi connectivity index (χ2v) is 5.43. The van der Waals surface area contributed by atoms with Crippen molar-refractivity contribution in [2.24, 2.45) is 5.92 Å². The molecule has 0 aromatic carbocycles. The fourth-order valence-corrected chi connectivity index (χ4v) is 2.58. The third-order valence-electron chi connectivity index (χ3n) is 3.64. The number of hydrogen-bond donors (Lipinski definition) is 1. The van der Waals surface area contributed by atoms with E-state index in [1.807, 2.05) is 0 Å². The van der Waals surface area contributed by atoms with Crippen LogP contribution in [-0.4, -0.2) is 40.7 Å². The van der Waals surface area contributed by atoms with E-state index in [0.717, 1.165) is 38.8 Å². The van der Waals surface area contributed by atoms with E-state index in [0.29, 0.717) is 24.4 Å². The zero-order valence-electron chi connectivity index (χ0n) is 12.5. The van der Waals surface area contributed by atoms with Crippen molar-refractivity contribution in [2.75, 3.05) is 24.6 Å². The van der Waals surface area contributed by atoms with Gasteiger partial charge in [-0.05, 0) is 31.6 Å². The number of carbonyl (C=O) groups is 1. The maximum absolute atomic E-state index is 10.7. The van der Waals surface area contributed by atoms with E-state index in [2.05, 4.69) is 21.8 Å². The van der Waals surface area contributed by atoms with Crippen molar-refractivity contribution in [2.45, 2.75) is 39.0 Å². The fraction of sp³-hybridized carbons (Fsp3) is 0.667. The number of ether oxygens (including phenoxy) is 1. The highest BCUT2D eigenvalue weighted by Gasteiger charge is 2.22. The summed E-state index contributed by atoms with van der Waals surface area (Å²) in [7, 11) is 0. The van der Waals surface area contributed by atoms with Gasteiger partial charge in [0.2, 0.25) is 11.8 Å². The first-order valence-corrected chi connectivity index (χ1v) is 7.61. The number of carboxylic acids is 1. The van der Waals surface area contributed by atoms with E-state index in [1.54, 1.807) is 12.3 Å². The van der Waals surface area contributed by atoms with Gasteiger partial charge in [0.1, 0.15) is 0 Å². The van der Waals surface area contributed by atoms with Crippen molar-refractivity contribution in [1.29, 1.82) is 0 Å². The van der Waals surface area contributed by atoms with Crippen LogP contribution in [-0.2, 0) is 4.79 Å². The van der Waals surface area contributed by atoms with Gasteiger partial charge in [0.05, 0.1) is 6.61 Å². The molecule has 1 fully saturated rings. The number of hydrogen-bond acceptors (Lipinski definition) is 5. The number of rotatable bonds is 7. The van der Waals surface area contributed by atoms with E-state index in [1.165, 1.54) is 0 Å². The Labute approximate surface area is 125 Å². The summed E-state index contributed by atoms with van der Waals surface area (Å²) in [5.74, 6) is 0.968. The Hall–Kier alpha value is -1.85. The lowest BCUT2D eigenvalue weighted by Gasteiger charge is -2.32. The number of aromatic nitrogens is 2. The summed E-state index contributed by atoms with van der Waals surface area (Å²) in [4.78, 5) is 21.6. The molecule has 0 bridgehead atoms. The molecule has 0 radical (unpaired) electrons. The van der Waals surface area contributed by atoms with Gasteiger partial charge in [-0.1, -0.05) is 6.92 Å². The van der Waals surface area contributed by atoms with Crippen LogP contribution in [0, 0.1) is 5.92 Å². The molecule has 1 aliphatic rings. The Bertz CT molecular complexity index is 467. The summed E-state index contributed by atoms with van der Waals surface area (Å²) in [5, 5.41) is 8.79. The molecule has 1 saturated heterocycles. The van der Waals surface area contributed by atoms with Crippen LogP contribution in [0.25, 0.3) is 0 Å². The number of nitrogens with zero attached hydrogens (tertiary/aromatic N) is 3. The second-order valence-electron chi connectivity index (χ2n) is 5.43. The SMILES string of the molecule is CCCOc1ccnc(N2CCCC(CCC(=O)O)C2)n1. The largest absolute Gasteiger partial charge is 0.481 e. The first kappa shape index (κ1) is 15.5. The normalized spacial score (nSPS) is 18.5. The first-order valence-electron chi connectivity index (χ1n) is 7.61. The highest BCUT2D eigenvalue weighted by Crippen LogP contribution is 2.24. The zero-order valence-corrected chi connectivity index (χ0v) is 12.5. The van der Waals surface area contributed by atoms with E-state index in [9.17, 15) is 4.79 Å². The van der Waals surface area contributed by atoms with Crippen molar-refractivity contribution in [3.8, 4) is 5.88 Å². The van der Waals surface area contributed by atoms with Crippen LogP contribution in [0.1, 0.15) is 39.0 Å². The zero-order chi connectivity index (χ0) is 15.1. The fourth-order valence-electron chi connectivity index (χ4n) is 2.58.